The van der Waals surface area contributed by atoms with Gasteiger partial charge >= 0.3 is 12.0 Å². The van der Waals surface area contributed by atoms with Gasteiger partial charge in [0.05, 0.1) is 12.1 Å². The first-order valence-corrected chi connectivity index (χ1v) is 7.90. The fourth-order valence-electron chi connectivity index (χ4n) is 3.31. The predicted molar refractivity (Wildman–Crippen MR) is 78.1 cm³/mol. The number of carbonyl (C=O) groups excluding carboxylic acids is 1. The quantitative estimate of drug-likeness (QED) is 0.739. The van der Waals surface area contributed by atoms with Crippen LogP contribution in [-0.4, -0.2) is 41.4 Å². The van der Waals surface area contributed by atoms with Crippen LogP contribution < -0.4 is 10.6 Å². The third-order valence-corrected chi connectivity index (χ3v) is 4.99. The highest BCUT2D eigenvalue weighted by Crippen LogP contribution is 2.34. The van der Waals surface area contributed by atoms with Crippen molar-refractivity contribution in [3.63, 3.8) is 0 Å². The first-order chi connectivity index (χ1) is 9.97. The summed E-state index contributed by atoms with van der Waals surface area (Å²) in [7, 11) is 0. The second-order valence-corrected chi connectivity index (χ2v) is 6.31. The lowest BCUT2D eigenvalue weighted by Gasteiger charge is -2.37. The van der Waals surface area contributed by atoms with Crippen LogP contribution in [0.25, 0.3) is 0 Å². The number of amides is 2. The third kappa shape index (κ3) is 3.67. The van der Waals surface area contributed by atoms with Crippen molar-refractivity contribution in [3.8, 4) is 0 Å². The smallest absolute Gasteiger partial charge is 0.329 e. The molecule has 1 heterocycles. The molecule has 120 valence electrons. The number of rotatable bonds is 4. The zero-order valence-electron chi connectivity index (χ0n) is 12.9. The highest BCUT2D eigenvalue weighted by molar-refractivity contribution is 5.86. The fourth-order valence-corrected chi connectivity index (χ4v) is 3.31. The summed E-state index contributed by atoms with van der Waals surface area (Å²) in [4.78, 5) is 23.8. The average Bonchev–Trinajstić information content (AvgIpc) is 2.84. The number of carboxylic acid groups (broad SMARTS) is 1. The molecule has 1 aliphatic heterocycles. The summed E-state index contributed by atoms with van der Waals surface area (Å²) in [6, 6.07) is -0.433. The van der Waals surface area contributed by atoms with Crippen LogP contribution in [0.5, 0.6) is 0 Å². The van der Waals surface area contributed by atoms with Gasteiger partial charge in [0.25, 0.3) is 0 Å². The Morgan fingerprint density at radius 1 is 1.29 bits per heavy atom. The minimum atomic E-state index is -1.11. The molecule has 2 atom stereocenters. The van der Waals surface area contributed by atoms with Crippen molar-refractivity contribution < 1.29 is 19.4 Å². The molecule has 0 aromatic heterocycles. The topological polar surface area (TPSA) is 87.7 Å². The molecule has 2 unspecified atom stereocenters. The van der Waals surface area contributed by atoms with Gasteiger partial charge in [-0.05, 0) is 44.9 Å². The van der Waals surface area contributed by atoms with E-state index < -0.39 is 17.5 Å². The van der Waals surface area contributed by atoms with Crippen molar-refractivity contribution >= 4 is 12.0 Å². The SMILES string of the molecule is CCC1CCC(NC(=O)NC2CCOC2C)(C(=O)O)CC1. The third-order valence-electron chi connectivity index (χ3n) is 4.99. The Morgan fingerprint density at radius 2 is 1.95 bits per heavy atom. The summed E-state index contributed by atoms with van der Waals surface area (Å²) in [5.74, 6) is -0.353. The highest BCUT2D eigenvalue weighted by atomic mass is 16.5. The molecule has 1 saturated heterocycles. The van der Waals surface area contributed by atoms with Gasteiger partial charge in [0.2, 0.25) is 0 Å². The Labute approximate surface area is 125 Å². The molecule has 21 heavy (non-hydrogen) atoms. The van der Waals surface area contributed by atoms with Crippen molar-refractivity contribution in [2.45, 2.75) is 70.1 Å². The number of hydrogen-bond donors (Lipinski definition) is 3. The maximum atomic E-state index is 12.1. The van der Waals surface area contributed by atoms with Crippen LogP contribution in [0, 0.1) is 5.92 Å². The van der Waals surface area contributed by atoms with Crippen molar-refractivity contribution in [2.24, 2.45) is 5.92 Å². The molecule has 0 aromatic rings. The van der Waals surface area contributed by atoms with Gasteiger partial charge in [0, 0.05) is 6.61 Å². The lowest BCUT2D eigenvalue weighted by molar-refractivity contribution is -0.146. The van der Waals surface area contributed by atoms with Crippen LogP contribution in [0.4, 0.5) is 4.79 Å². The first-order valence-electron chi connectivity index (χ1n) is 7.90. The molecule has 3 N–H and O–H groups in total. The molecule has 6 nitrogen and oxygen atoms in total. The Kier molecular flexibility index (Phi) is 5.08. The molecular weight excluding hydrogens is 272 g/mol. The molecule has 2 amide bonds. The van der Waals surface area contributed by atoms with E-state index in [0.717, 1.165) is 25.7 Å². The van der Waals surface area contributed by atoms with Gasteiger partial charge in [0.15, 0.2) is 0 Å². The molecule has 0 aromatic carbocycles. The van der Waals surface area contributed by atoms with Crippen molar-refractivity contribution in [1.82, 2.24) is 10.6 Å². The van der Waals surface area contributed by atoms with Gasteiger partial charge < -0.3 is 20.5 Å². The van der Waals surface area contributed by atoms with Crippen LogP contribution in [-0.2, 0) is 9.53 Å². The van der Waals surface area contributed by atoms with Crippen molar-refractivity contribution in [2.75, 3.05) is 6.61 Å². The van der Waals surface area contributed by atoms with Gasteiger partial charge in [0.1, 0.15) is 5.54 Å². The molecule has 0 spiro atoms. The van der Waals surface area contributed by atoms with E-state index in [9.17, 15) is 14.7 Å². The van der Waals surface area contributed by atoms with Gasteiger partial charge in [-0.2, -0.15) is 0 Å². The van der Waals surface area contributed by atoms with Crippen LogP contribution in [0.1, 0.15) is 52.4 Å². The van der Waals surface area contributed by atoms with E-state index in [1.165, 1.54) is 0 Å². The Hall–Kier alpha value is -1.30. The van der Waals surface area contributed by atoms with Crippen LogP contribution in [0.2, 0.25) is 0 Å². The lowest BCUT2D eigenvalue weighted by Crippen LogP contribution is -2.60. The molecule has 1 aliphatic carbocycles. The molecule has 6 heteroatoms. The number of ether oxygens (including phenoxy) is 1. The molecule has 0 bridgehead atoms. The van der Waals surface area contributed by atoms with Gasteiger partial charge in [-0.3, -0.25) is 0 Å². The molecule has 1 saturated carbocycles. The molecular formula is C15H26N2O4. The average molecular weight is 298 g/mol. The van der Waals surface area contributed by atoms with Gasteiger partial charge in [-0.25, -0.2) is 9.59 Å². The van der Waals surface area contributed by atoms with E-state index in [0.29, 0.717) is 25.4 Å². The maximum Gasteiger partial charge on any atom is 0.329 e. The zero-order chi connectivity index (χ0) is 15.5. The normalized spacial score (nSPS) is 36.2. The van der Waals surface area contributed by atoms with Crippen molar-refractivity contribution in [3.05, 3.63) is 0 Å². The van der Waals surface area contributed by atoms with E-state index in [4.69, 9.17) is 4.74 Å². The summed E-state index contributed by atoms with van der Waals surface area (Å²) in [5, 5.41) is 15.1. The number of hydrogen-bond acceptors (Lipinski definition) is 3. The monoisotopic (exact) mass is 298 g/mol. The van der Waals surface area contributed by atoms with Gasteiger partial charge in [-0.15, -0.1) is 0 Å². The largest absolute Gasteiger partial charge is 0.480 e. The maximum absolute atomic E-state index is 12.1. The van der Waals surface area contributed by atoms with Gasteiger partial charge in [-0.1, -0.05) is 13.3 Å². The summed E-state index contributed by atoms with van der Waals surface area (Å²) in [6.07, 6.45) is 4.53. The first kappa shape index (κ1) is 16.1. The van der Waals surface area contributed by atoms with E-state index in [2.05, 4.69) is 17.6 Å². The fraction of sp³-hybridized carbons (Fsp3) is 0.867. The van der Waals surface area contributed by atoms with E-state index in [1.54, 1.807) is 0 Å². The summed E-state index contributed by atoms with van der Waals surface area (Å²) >= 11 is 0. The molecule has 2 fully saturated rings. The second-order valence-electron chi connectivity index (χ2n) is 6.31. The summed E-state index contributed by atoms with van der Waals surface area (Å²) in [5.41, 5.74) is -1.11. The Morgan fingerprint density at radius 3 is 2.43 bits per heavy atom. The van der Waals surface area contributed by atoms with E-state index >= 15 is 0 Å². The number of carboxylic acids is 1. The standard InChI is InChI=1S/C15H26N2O4/c1-3-11-4-7-15(8-5-11,13(18)19)17-14(20)16-12-6-9-21-10(12)2/h10-12H,3-9H2,1-2H3,(H,18,19)(H2,16,17,20). The second kappa shape index (κ2) is 6.64. The number of urea groups is 1. The van der Waals surface area contributed by atoms with Crippen LogP contribution in [0.15, 0.2) is 0 Å². The Bertz CT molecular complexity index is 391. The lowest BCUT2D eigenvalue weighted by atomic mass is 9.75. The van der Waals surface area contributed by atoms with E-state index in [-0.39, 0.29) is 12.1 Å². The summed E-state index contributed by atoms with van der Waals surface area (Å²) < 4.78 is 5.40. The molecule has 2 aliphatic rings. The van der Waals surface area contributed by atoms with Crippen LogP contribution in [0.3, 0.4) is 0 Å². The minimum absolute atomic E-state index is 0.0210. The van der Waals surface area contributed by atoms with Crippen LogP contribution >= 0.6 is 0 Å². The molecule has 0 radical (unpaired) electrons. The summed E-state index contributed by atoms with van der Waals surface area (Å²) in [6.45, 7) is 4.67. The highest BCUT2D eigenvalue weighted by Gasteiger charge is 2.43. The minimum Gasteiger partial charge on any atom is -0.480 e. The molecule has 2 rings (SSSR count). The van der Waals surface area contributed by atoms with E-state index in [1.807, 2.05) is 6.92 Å². The van der Waals surface area contributed by atoms with Crippen molar-refractivity contribution in [1.29, 1.82) is 0 Å². The Balaban J connectivity index is 1.93. The predicted octanol–water partition coefficient (Wildman–Crippen LogP) is 1.89. The number of aliphatic carboxylic acids is 1. The zero-order valence-corrected chi connectivity index (χ0v) is 12.9. The number of nitrogens with one attached hydrogen (secondary N) is 2. The number of carbonyl (C=O) groups is 2.